The van der Waals surface area contributed by atoms with E-state index in [4.69, 9.17) is 10.5 Å². The first-order chi connectivity index (χ1) is 7.24. The minimum Gasteiger partial charge on any atom is -0.383 e. The maximum absolute atomic E-state index is 10.8. The lowest BCUT2D eigenvalue weighted by Crippen LogP contribution is -2.11. The zero-order valence-corrected chi connectivity index (χ0v) is 8.82. The molecule has 1 aromatic carbocycles. The number of nitrogens with one attached hydrogen (secondary N) is 1. The highest BCUT2D eigenvalue weighted by Gasteiger charge is 1.98. The fourth-order valence-corrected chi connectivity index (χ4v) is 1.16. The molecule has 0 radical (unpaired) electrons. The SMILES string of the molecule is CCOCCNc1ccc(C(N)=O)cc1. The van der Waals surface area contributed by atoms with Gasteiger partial charge in [0, 0.05) is 24.4 Å². The lowest BCUT2D eigenvalue weighted by atomic mass is 10.2. The molecule has 1 rings (SSSR count). The van der Waals surface area contributed by atoms with E-state index in [1.165, 1.54) is 0 Å². The second-order valence-electron chi connectivity index (χ2n) is 3.07. The number of rotatable bonds is 6. The summed E-state index contributed by atoms with van der Waals surface area (Å²) in [7, 11) is 0. The summed E-state index contributed by atoms with van der Waals surface area (Å²) in [4.78, 5) is 10.8. The van der Waals surface area contributed by atoms with E-state index in [-0.39, 0.29) is 0 Å². The Bertz CT molecular complexity index is 309. The van der Waals surface area contributed by atoms with Gasteiger partial charge in [-0.25, -0.2) is 0 Å². The number of anilines is 1. The van der Waals surface area contributed by atoms with Crippen molar-refractivity contribution in [3.63, 3.8) is 0 Å². The zero-order valence-electron chi connectivity index (χ0n) is 8.82. The Morgan fingerprint density at radius 1 is 1.40 bits per heavy atom. The van der Waals surface area contributed by atoms with Gasteiger partial charge in [-0.05, 0) is 31.2 Å². The number of carbonyl (C=O) groups excluding carboxylic acids is 1. The van der Waals surface area contributed by atoms with Crippen LogP contribution in [0.4, 0.5) is 5.69 Å². The highest BCUT2D eigenvalue weighted by molar-refractivity contribution is 5.93. The average molecular weight is 208 g/mol. The standard InChI is InChI=1S/C11H16N2O2/c1-2-15-8-7-13-10-5-3-9(4-6-10)11(12)14/h3-6,13H,2,7-8H2,1H3,(H2,12,14). The molecule has 82 valence electrons. The second kappa shape index (κ2) is 6.03. The number of hydrogen-bond donors (Lipinski definition) is 2. The smallest absolute Gasteiger partial charge is 0.248 e. The summed E-state index contributed by atoms with van der Waals surface area (Å²) in [5, 5.41) is 3.17. The van der Waals surface area contributed by atoms with E-state index in [0.29, 0.717) is 12.2 Å². The molecule has 0 aromatic heterocycles. The van der Waals surface area contributed by atoms with E-state index in [1.807, 2.05) is 19.1 Å². The van der Waals surface area contributed by atoms with Gasteiger partial charge in [-0.1, -0.05) is 0 Å². The first-order valence-corrected chi connectivity index (χ1v) is 4.95. The first kappa shape index (κ1) is 11.5. The molecular formula is C11H16N2O2. The Morgan fingerprint density at radius 3 is 2.60 bits per heavy atom. The predicted octanol–water partition coefficient (Wildman–Crippen LogP) is 1.23. The van der Waals surface area contributed by atoms with E-state index >= 15 is 0 Å². The molecule has 15 heavy (non-hydrogen) atoms. The number of hydrogen-bond acceptors (Lipinski definition) is 3. The van der Waals surface area contributed by atoms with Crippen molar-refractivity contribution < 1.29 is 9.53 Å². The fraction of sp³-hybridized carbons (Fsp3) is 0.364. The van der Waals surface area contributed by atoms with Crippen LogP contribution in [0.15, 0.2) is 24.3 Å². The Kier molecular flexibility index (Phi) is 4.63. The van der Waals surface area contributed by atoms with E-state index in [1.54, 1.807) is 12.1 Å². The maximum Gasteiger partial charge on any atom is 0.248 e. The summed E-state index contributed by atoms with van der Waals surface area (Å²) in [6.07, 6.45) is 0. The molecule has 3 N–H and O–H groups in total. The minimum absolute atomic E-state index is 0.407. The molecule has 1 amide bonds. The van der Waals surface area contributed by atoms with Gasteiger partial charge in [-0.15, -0.1) is 0 Å². The lowest BCUT2D eigenvalue weighted by molar-refractivity contribution is 0.100. The van der Waals surface area contributed by atoms with Gasteiger partial charge >= 0.3 is 0 Å². The first-order valence-electron chi connectivity index (χ1n) is 4.95. The van der Waals surface area contributed by atoms with E-state index in [0.717, 1.165) is 18.8 Å². The topological polar surface area (TPSA) is 64.3 Å². The molecule has 0 aliphatic carbocycles. The third kappa shape index (κ3) is 3.99. The molecule has 0 saturated heterocycles. The van der Waals surface area contributed by atoms with Gasteiger partial charge in [0.1, 0.15) is 0 Å². The molecule has 0 bridgehead atoms. The van der Waals surface area contributed by atoms with Crippen molar-refractivity contribution in [1.29, 1.82) is 0 Å². The van der Waals surface area contributed by atoms with E-state index < -0.39 is 5.91 Å². The Hall–Kier alpha value is -1.55. The molecule has 0 heterocycles. The monoisotopic (exact) mass is 208 g/mol. The number of nitrogens with two attached hydrogens (primary N) is 1. The van der Waals surface area contributed by atoms with Gasteiger partial charge in [0.15, 0.2) is 0 Å². The fourth-order valence-electron chi connectivity index (χ4n) is 1.16. The number of benzene rings is 1. The van der Waals surface area contributed by atoms with Crippen LogP contribution in [0.25, 0.3) is 0 Å². The minimum atomic E-state index is -0.407. The van der Waals surface area contributed by atoms with Crippen LogP contribution in [0.3, 0.4) is 0 Å². The van der Waals surface area contributed by atoms with Crippen LogP contribution in [-0.4, -0.2) is 25.7 Å². The Labute approximate surface area is 89.4 Å². The number of amides is 1. The molecular weight excluding hydrogens is 192 g/mol. The van der Waals surface area contributed by atoms with Crippen molar-refractivity contribution in [3.8, 4) is 0 Å². The number of primary amides is 1. The summed E-state index contributed by atoms with van der Waals surface area (Å²) >= 11 is 0. The summed E-state index contributed by atoms with van der Waals surface area (Å²) in [6, 6.07) is 7.05. The van der Waals surface area contributed by atoms with E-state index in [2.05, 4.69) is 5.32 Å². The van der Waals surface area contributed by atoms with Crippen molar-refractivity contribution in [2.45, 2.75) is 6.92 Å². The molecule has 0 aliphatic heterocycles. The van der Waals surface area contributed by atoms with Gasteiger partial charge < -0.3 is 15.8 Å². The quantitative estimate of drug-likeness (QED) is 0.691. The third-order valence-electron chi connectivity index (χ3n) is 1.95. The number of carbonyl (C=O) groups is 1. The summed E-state index contributed by atoms with van der Waals surface area (Å²) < 4.78 is 5.18. The largest absolute Gasteiger partial charge is 0.383 e. The van der Waals surface area contributed by atoms with Crippen molar-refractivity contribution in [2.24, 2.45) is 5.73 Å². The average Bonchev–Trinajstić information content (AvgIpc) is 2.25. The van der Waals surface area contributed by atoms with Crippen molar-refractivity contribution in [3.05, 3.63) is 29.8 Å². The van der Waals surface area contributed by atoms with Crippen molar-refractivity contribution in [1.82, 2.24) is 0 Å². The van der Waals surface area contributed by atoms with Crippen molar-refractivity contribution in [2.75, 3.05) is 25.1 Å². The van der Waals surface area contributed by atoms with Gasteiger partial charge in [0.05, 0.1) is 6.61 Å². The summed E-state index contributed by atoms with van der Waals surface area (Å²) in [6.45, 7) is 4.11. The van der Waals surface area contributed by atoms with Crippen LogP contribution in [-0.2, 0) is 4.74 Å². The molecule has 4 nitrogen and oxygen atoms in total. The predicted molar refractivity (Wildman–Crippen MR) is 59.9 cm³/mol. The van der Waals surface area contributed by atoms with Crippen molar-refractivity contribution >= 4 is 11.6 Å². The lowest BCUT2D eigenvalue weighted by Gasteiger charge is -2.06. The Balaban J connectivity index is 2.39. The molecule has 0 saturated carbocycles. The van der Waals surface area contributed by atoms with Gasteiger partial charge in [-0.3, -0.25) is 4.79 Å². The molecule has 1 aromatic rings. The van der Waals surface area contributed by atoms with Crippen LogP contribution in [0.5, 0.6) is 0 Å². The molecule has 0 spiro atoms. The molecule has 0 fully saturated rings. The molecule has 0 atom stereocenters. The third-order valence-corrected chi connectivity index (χ3v) is 1.95. The molecule has 0 aliphatic rings. The van der Waals surface area contributed by atoms with Crippen LogP contribution in [0.2, 0.25) is 0 Å². The van der Waals surface area contributed by atoms with Crippen LogP contribution in [0.1, 0.15) is 17.3 Å². The highest BCUT2D eigenvalue weighted by Crippen LogP contribution is 2.08. The molecule has 0 unspecified atom stereocenters. The van der Waals surface area contributed by atoms with Gasteiger partial charge in [-0.2, -0.15) is 0 Å². The van der Waals surface area contributed by atoms with E-state index in [9.17, 15) is 4.79 Å². The van der Waals surface area contributed by atoms with Gasteiger partial charge in [0.25, 0.3) is 0 Å². The normalized spacial score (nSPS) is 9.93. The highest BCUT2D eigenvalue weighted by atomic mass is 16.5. The number of ether oxygens (including phenoxy) is 1. The summed E-state index contributed by atoms with van der Waals surface area (Å²) in [5.74, 6) is -0.407. The molecule has 4 heteroatoms. The van der Waals surface area contributed by atoms with Gasteiger partial charge in [0.2, 0.25) is 5.91 Å². The van der Waals surface area contributed by atoms with Crippen LogP contribution in [0, 0.1) is 0 Å². The Morgan fingerprint density at radius 2 is 2.07 bits per heavy atom. The van der Waals surface area contributed by atoms with Crippen LogP contribution >= 0.6 is 0 Å². The summed E-state index contributed by atoms with van der Waals surface area (Å²) in [5.41, 5.74) is 6.60. The van der Waals surface area contributed by atoms with Crippen LogP contribution < -0.4 is 11.1 Å². The second-order valence-corrected chi connectivity index (χ2v) is 3.07. The maximum atomic E-state index is 10.8. The zero-order chi connectivity index (χ0) is 11.1.